The number of benzene rings is 1. The first-order valence-corrected chi connectivity index (χ1v) is 8.04. The maximum Gasteiger partial charge on any atom is 0.184 e. The number of hydrogen-bond donors (Lipinski definition) is 1. The van der Waals surface area contributed by atoms with Gasteiger partial charge in [0.1, 0.15) is 0 Å². The third-order valence-corrected chi connectivity index (χ3v) is 5.33. The first-order valence-electron chi connectivity index (χ1n) is 5.55. The molecule has 0 saturated heterocycles. The van der Waals surface area contributed by atoms with E-state index in [1.54, 1.807) is 22.7 Å². The summed E-state index contributed by atoms with van der Waals surface area (Å²) in [5.41, 5.74) is 2.34. The van der Waals surface area contributed by atoms with Crippen molar-refractivity contribution in [3.05, 3.63) is 44.6 Å². The fraction of sp³-hybridized carbons (Fsp3) is 0.154. The Labute approximate surface area is 122 Å². The molecule has 0 fully saturated rings. The smallest absolute Gasteiger partial charge is 0.184 e. The predicted molar refractivity (Wildman–Crippen MR) is 83.7 cm³/mol. The maximum absolute atomic E-state index is 4.63. The lowest BCUT2D eigenvalue weighted by Crippen LogP contribution is -1.96. The molecule has 0 bridgehead atoms. The molecule has 0 radical (unpaired) electrons. The number of rotatable bonds is 3. The number of nitrogens with zero attached hydrogens (tertiary/aromatic N) is 1. The lowest BCUT2D eigenvalue weighted by atomic mass is 10.2. The van der Waals surface area contributed by atoms with Gasteiger partial charge in [-0.3, -0.25) is 0 Å². The van der Waals surface area contributed by atoms with E-state index in [2.05, 4.69) is 62.8 Å². The lowest BCUT2D eigenvalue weighted by molar-refractivity contribution is 1.18. The number of para-hydroxylation sites is 1. The topological polar surface area (TPSA) is 24.9 Å². The Balaban J connectivity index is 1.81. The maximum atomic E-state index is 4.63. The van der Waals surface area contributed by atoms with Gasteiger partial charge in [-0.15, -0.1) is 11.3 Å². The molecule has 0 saturated carbocycles. The van der Waals surface area contributed by atoms with Crippen LogP contribution in [-0.2, 0) is 6.54 Å². The molecule has 2 nitrogen and oxygen atoms in total. The molecule has 3 aromatic rings. The molecule has 0 amide bonds. The number of aryl methyl sites for hydroxylation is 1. The van der Waals surface area contributed by atoms with Crippen LogP contribution in [0, 0.1) is 6.92 Å². The number of halogens is 1. The normalized spacial score (nSPS) is 11.0. The van der Waals surface area contributed by atoms with Crippen LogP contribution in [0.25, 0.3) is 10.2 Å². The molecular formula is C13H11BrN2S2. The number of thiazole rings is 1. The molecule has 3 rings (SSSR count). The Morgan fingerprint density at radius 2 is 2.28 bits per heavy atom. The van der Waals surface area contributed by atoms with E-state index in [1.807, 2.05) is 0 Å². The summed E-state index contributed by atoms with van der Waals surface area (Å²) in [6, 6.07) is 8.43. The lowest BCUT2D eigenvalue weighted by Gasteiger charge is -1.98. The highest BCUT2D eigenvalue weighted by molar-refractivity contribution is 9.10. The minimum absolute atomic E-state index is 0.829. The van der Waals surface area contributed by atoms with Gasteiger partial charge in [0.25, 0.3) is 0 Å². The summed E-state index contributed by atoms with van der Waals surface area (Å²) in [6.45, 7) is 2.93. The van der Waals surface area contributed by atoms with E-state index >= 15 is 0 Å². The molecule has 5 heteroatoms. The molecule has 0 aliphatic rings. The fourth-order valence-electron chi connectivity index (χ4n) is 1.77. The van der Waals surface area contributed by atoms with Gasteiger partial charge in [0.05, 0.1) is 16.8 Å². The van der Waals surface area contributed by atoms with Gasteiger partial charge >= 0.3 is 0 Å². The quantitative estimate of drug-likeness (QED) is 0.723. The van der Waals surface area contributed by atoms with Gasteiger partial charge in [0.2, 0.25) is 0 Å². The summed E-state index contributed by atoms with van der Waals surface area (Å²) >= 11 is 6.92. The van der Waals surface area contributed by atoms with Crippen LogP contribution in [0.2, 0.25) is 0 Å². The zero-order chi connectivity index (χ0) is 12.5. The Bertz CT molecular complexity index is 687. The van der Waals surface area contributed by atoms with Crippen molar-refractivity contribution in [3.63, 3.8) is 0 Å². The summed E-state index contributed by atoms with van der Waals surface area (Å²) in [5, 5.41) is 6.47. The molecule has 0 spiro atoms. The van der Waals surface area contributed by atoms with Gasteiger partial charge in [-0.2, -0.15) is 0 Å². The van der Waals surface area contributed by atoms with Crippen LogP contribution < -0.4 is 5.32 Å². The van der Waals surface area contributed by atoms with Crippen molar-refractivity contribution in [2.45, 2.75) is 13.5 Å². The van der Waals surface area contributed by atoms with Crippen molar-refractivity contribution in [1.82, 2.24) is 4.98 Å². The van der Waals surface area contributed by atoms with Gasteiger partial charge in [0.15, 0.2) is 5.13 Å². The minimum atomic E-state index is 0.829. The number of fused-ring (bicyclic) bond motifs is 1. The van der Waals surface area contributed by atoms with Gasteiger partial charge in [0, 0.05) is 14.7 Å². The van der Waals surface area contributed by atoms with E-state index in [0.717, 1.165) is 21.7 Å². The van der Waals surface area contributed by atoms with Gasteiger partial charge in [-0.25, -0.2) is 4.98 Å². The molecule has 1 aromatic carbocycles. The van der Waals surface area contributed by atoms with Crippen molar-refractivity contribution in [2.24, 2.45) is 0 Å². The summed E-state index contributed by atoms with van der Waals surface area (Å²) in [4.78, 5) is 5.94. The first kappa shape index (κ1) is 12.1. The molecule has 2 heterocycles. The standard InChI is InChI=1S/C13H11BrN2S2/c1-8-3-2-4-11-12(8)16-13(18-11)15-6-10-5-9(14)7-17-10/h2-5,7H,6H2,1H3,(H,15,16). The molecule has 92 valence electrons. The monoisotopic (exact) mass is 338 g/mol. The molecule has 2 aromatic heterocycles. The summed E-state index contributed by atoms with van der Waals surface area (Å²) in [5.74, 6) is 0. The first-order chi connectivity index (χ1) is 8.72. The van der Waals surface area contributed by atoms with E-state index in [-0.39, 0.29) is 0 Å². The van der Waals surface area contributed by atoms with E-state index < -0.39 is 0 Å². The van der Waals surface area contributed by atoms with E-state index in [9.17, 15) is 0 Å². The van der Waals surface area contributed by atoms with E-state index in [0.29, 0.717) is 0 Å². The Kier molecular flexibility index (Phi) is 3.37. The number of anilines is 1. The molecule has 1 N–H and O–H groups in total. The zero-order valence-corrected chi connectivity index (χ0v) is 13.0. The SMILES string of the molecule is Cc1cccc2sc(NCc3cc(Br)cs3)nc12. The number of nitrogens with one attached hydrogen (secondary N) is 1. The van der Waals surface area contributed by atoms with Gasteiger partial charge in [-0.1, -0.05) is 23.5 Å². The van der Waals surface area contributed by atoms with Gasteiger partial charge < -0.3 is 5.32 Å². The highest BCUT2D eigenvalue weighted by Crippen LogP contribution is 2.28. The summed E-state index contributed by atoms with van der Waals surface area (Å²) in [7, 11) is 0. The van der Waals surface area contributed by atoms with Crippen LogP contribution in [-0.4, -0.2) is 4.98 Å². The van der Waals surface area contributed by atoms with Gasteiger partial charge in [-0.05, 0) is 40.5 Å². The highest BCUT2D eigenvalue weighted by atomic mass is 79.9. The second-order valence-corrected chi connectivity index (χ2v) is 6.97. The summed E-state index contributed by atoms with van der Waals surface area (Å²) < 4.78 is 2.38. The Morgan fingerprint density at radius 3 is 3.00 bits per heavy atom. The van der Waals surface area contributed by atoms with Crippen molar-refractivity contribution < 1.29 is 0 Å². The predicted octanol–water partition coefficient (Wildman–Crippen LogP) is 5.04. The Hall–Kier alpha value is -0.910. The average molecular weight is 339 g/mol. The molecular weight excluding hydrogens is 328 g/mol. The van der Waals surface area contributed by atoms with Crippen molar-refractivity contribution in [1.29, 1.82) is 0 Å². The summed E-state index contributed by atoms with van der Waals surface area (Å²) in [6.07, 6.45) is 0. The molecule has 0 unspecified atom stereocenters. The third kappa shape index (κ3) is 2.43. The van der Waals surface area contributed by atoms with Crippen molar-refractivity contribution in [2.75, 3.05) is 5.32 Å². The highest BCUT2D eigenvalue weighted by Gasteiger charge is 2.05. The number of aromatic nitrogens is 1. The zero-order valence-electron chi connectivity index (χ0n) is 9.74. The van der Waals surface area contributed by atoms with Crippen LogP contribution in [0.5, 0.6) is 0 Å². The second-order valence-electron chi connectivity index (χ2n) is 4.03. The van der Waals surface area contributed by atoms with Crippen LogP contribution in [0.15, 0.2) is 34.1 Å². The van der Waals surface area contributed by atoms with Crippen molar-refractivity contribution in [3.8, 4) is 0 Å². The Morgan fingerprint density at radius 1 is 1.39 bits per heavy atom. The fourth-order valence-corrected chi connectivity index (χ4v) is 4.10. The molecule has 0 atom stereocenters. The molecule has 0 aliphatic heterocycles. The number of hydrogen-bond acceptors (Lipinski definition) is 4. The third-order valence-electron chi connectivity index (χ3n) is 2.66. The van der Waals surface area contributed by atoms with Crippen molar-refractivity contribution >= 4 is 54.0 Å². The second kappa shape index (κ2) is 4.99. The van der Waals surface area contributed by atoms with Crippen LogP contribution in [0.3, 0.4) is 0 Å². The van der Waals surface area contributed by atoms with E-state index in [4.69, 9.17) is 0 Å². The molecule has 0 aliphatic carbocycles. The van der Waals surface area contributed by atoms with Crippen LogP contribution >= 0.6 is 38.6 Å². The molecule has 18 heavy (non-hydrogen) atoms. The van der Waals surface area contributed by atoms with Crippen LogP contribution in [0.1, 0.15) is 10.4 Å². The van der Waals surface area contributed by atoms with Crippen LogP contribution in [0.4, 0.5) is 5.13 Å². The minimum Gasteiger partial charge on any atom is -0.357 e. The average Bonchev–Trinajstić information content (AvgIpc) is 2.93. The van der Waals surface area contributed by atoms with E-state index in [1.165, 1.54) is 15.1 Å². The largest absolute Gasteiger partial charge is 0.357 e. The number of thiophene rings is 1.